The number of rotatable bonds is 2. The van der Waals surface area contributed by atoms with Crippen LogP contribution in [0.4, 0.5) is 0 Å². The zero-order valence-electron chi connectivity index (χ0n) is 11.9. The van der Waals surface area contributed by atoms with Gasteiger partial charge in [-0.3, -0.25) is 0 Å². The monoisotopic (exact) mass is 365 g/mol. The minimum atomic E-state index is -3.58. The molecule has 0 N–H and O–H groups in total. The van der Waals surface area contributed by atoms with E-state index in [-0.39, 0.29) is 9.92 Å². The van der Waals surface area contributed by atoms with Crippen molar-refractivity contribution in [3.63, 3.8) is 0 Å². The molecule has 2 aliphatic rings. The van der Waals surface area contributed by atoms with E-state index in [0.717, 1.165) is 6.42 Å². The van der Waals surface area contributed by atoms with Crippen molar-refractivity contribution in [2.24, 2.45) is 0 Å². The van der Waals surface area contributed by atoms with Crippen LogP contribution in [-0.2, 0) is 19.5 Å². The van der Waals surface area contributed by atoms with Crippen molar-refractivity contribution in [1.29, 1.82) is 0 Å². The third-order valence-electron chi connectivity index (χ3n) is 4.03. The van der Waals surface area contributed by atoms with Gasteiger partial charge in [0.15, 0.2) is 5.79 Å². The summed E-state index contributed by atoms with van der Waals surface area (Å²) in [5, 5.41) is 0.567. The quantitative estimate of drug-likeness (QED) is 0.808. The van der Waals surface area contributed by atoms with E-state index in [1.807, 2.05) is 0 Å². The Morgan fingerprint density at radius 2 is 1.68 bits per heavy atom. The number of nitrogens with zero attached hydrogens (tertiary/aromatic N) is 1. The summed E-state index contributed by atoms with van der Waals surface area (Å²) in [4.78, 5) is 0.156. The highest BCUT2D eigenvalue weighted by atomic mass is 35.5. The Morgan fingerprint density at radius 3 is 2.27 bits per heavy atom. The fraction of sp³-hybridized carbons (Fsp3) is 0.571. The topological polar surface area (TPSA) is 55.8 Å². The predicted molar refractivity (Wildman–Crippen MR) is 83.7 cm³/mol. The van der Waals surface area contributed by atoms with E-state index in [4.69, 9.17) is 32.7 Å². The van der Waals surface area contributed by atoms with Gasteiger partial charge in [0.25, 0.3) is 0 Å². The van der Waals surface area contributed by atoms with E-state index < -0.39 is 15.8 Å². The van der Waals surface area contributed by atoms with Gasteiger partial charge >= 0.3 is 0 Å². The highest BCUT2D eigenvalue weighted by Crippen LogP contribution is 2.34. The first-order chi connectivity index (χ1) is 10.4. The summed E-state index contributed by atoms with van der Waals surface area (Å²) in [5.74, 6) is -0.609. The maximum absolute atomic E-state index is 12.7. The number of hydrogen-bond donors (Lipinski definition) is 0. The first-order valence-electron chi connectivity index (χ1n) is 7.16. The van der Waals surface area contributed by atoms with Gasteiger partial charge < -0.3 is 9.47 Å². The molecule has 2 heterocycles. The first kappa shape index (κ1) is 16.5. The van der Waals surface area contributed by atoms with Crippen LogP contribution in [0.2, 0.25) is 10.0 Å². The number of sulfonamides is 1. The fourth-order valence-electron chi connectivity index (χ4n) is 2.76. The zero-order chi connectivity index (χ0) is 15.8. The van der Waals surface area contributed by atoms with E-state index >= 15 is 0 Å². The Bertz CT molecular complexity index is 649. The van der Waals surface area contributed by atoms with Crippen molar-refractivity contribution in [2.75, 3.05) is 26.3 Å². The Kier molecular flexibility index (Phi) is 4.69. The van der Waals surface area contributed by atoms with Crippen LogP contribution < -0.4 is 0 Å². The average Bonchev–Trinajstić information content (AvgIpc) is 2.51. The number of ether oxygens (including phenoxy) is 2. The standard InChI is InChI=1S/C14H17Cl2NO4S/c15-12-3-2-11(10-13(12)16)22(18,19)17-6-4-14(5-7-17)20-8-1-9-21-14/h2-3,10H,1,4-9H2. The molecule has 0 radical (unpaired) electrons. The van der Waals surface area contributed by atoms with Gasteiger partial charge in [-0.25, -0.2) is 8.42 Å². The van der Waals surface area contributed by atoms with Gasteiger partial charge in [-0.15, -0.1) is 0 Å². The molecule has 8 heteroatoms. The molecular weight excluding hydrogens is 349 g/mol. The maximum atomic E-state index is 12.7. The molecule has 122 valence electrons. The Balaban J connectivity index is 1.75. The van der Waals surface area contributed by atoms with Crippen LogP contribution in [0, 0.1) is 0 Å². The number of piperidine rings is 1. The second-order valence-electron chi connectivity index (χ2n) is 5.44. The van der Waals surface area contributed by atoms with Crippen molar-refractivity contribution < 1.29 is 17.9 Å². The highest BCUT2D eigenvalue weighted by Gasteiger charge is 2.41. The van der Waals surface area contributed by atoms with Crippen molar-refractivity contribution in [1.82, 2.24) is 4.31 Å². The lowest BCUT2D eigenvalue weighted by atomic mass is 10.0. The molecule has 1 spiro atoms. The number of hydrogen-bond acceptors (Lipinski definition) is 4. The van der Waals surface area contributed by atoms with Crippen molar-refractivity contribution in [3.8, 4) is 0 Å². The lowest BCUT2D eigenvalue weighted by Crippen LogP contribution is -2.51. The molecule has 1 aromatic carbocycles. The maximum Gasteiger partial charge on any atom is 0.243 e. The second kappa shape index (κ2) is 6.26. The fourth-order valence-corrected chi connectivity index (χ4v) is 4.59. The third-order valence-corrected chi connectivity index (χ3v) is 6.67. The zero-order valence-corrected chi connectivity index (χ0v) is 14.3. The lowest BCUT2D eigenvalue weighted by molar-refractivity contribution is -0.280. The van der Waals surface area contributed by atoms with Crippen molar-refractivity contribution in [2.45, 2.75) is 29.9 Å². The molecule has 2 aliphatic heterocycles. The smallest absolute Gasteiger partial charge is 0.243 e. The molecule has 0 bridgehead atoms. The molecule has 0 unspecified atom stereocenters. The normalized spacial score (nSPS) is 22.8. The lowest BCUT2D eigenvalue weighted by Gasteiger charge is -2.42. The molecule has 0 atom stereocenters. The van der Waals surface area contributed by atoms with Gasteiger partial charge in [0.05, 0.1) is 28.2 Å². The molecule has 2 saturated heterocycles. The van der Waals surface area contributed by atoms with Crippen LogP contribution in [0.3, 0.4) is 0 Å². The van der Waals surface area contributed by atoms with Gasteiger partial charge in [-0.05, 0) is 24.6 Å². The van der Waals surface area contributed by atoms with Crippen LogP contribution >= 0.6 is 23.2 Å². The molecule has 3 rings (SSSR count). The molecule has 2 fully saturated rings. The van der Waals surface area contributed by atoms with E-state index in [1.165, 1.54) is 22.5 Å². The van der Waals surface area contributed by atoms with E-state index in [0.29, 0.717) is 44.2 Å². The molecule has 0 aromatic heterocycles. The summed E-state index contributed by atoms with van der Waals surface area (Å²) in [6.45, 7) is 2.06. The summed E-state index contributed by atoms with van der Waals surface area (Å²) < 4.78 is 38.2. The molecule has 5 nitrogen and oxygen atoms in total. The van der Waals surface area contributed by atoms with Crippen molar-refractivity contribution in [3.05, 3.63) is 28.2 Å². The number of benzene rings is 1. The molecule has 0 aliphatic carbocycles. The highest BCUT2D eigenvalue weighted by molar-refractivity contribution is 7.89. The second-order valence-corrected chi connectivity index (χ2v) is 8.19. The summed E-state index contributed by atoms with van der Waals surface area (Å²) in [5.41, 5.74) is 0. The molecule has 22 heavy (non-hydrogen) atoms. The Hall–Kier alpha value is -0.370. The summed E-state index contributed by atoms with van der Waals surface area (Å²) >= 11 is 11.8. The van der Waals surface area contributed by atoms with E-state index in [2.05, 4.69) is 0 Å². The predicted octanol–water partition coefficient (Wildman–Crippen LogP) is 2.91. The van der Waals surface area contributed by atoms with Gasteiger partial charge in [0.2, 0.25) is 10.0 Å². The SMILES string of the molecule is O=S(=O)(c1ccc(Cl)c(Cl)c1)N1CCC2(CC1)OCCCO2. The Morgan fingerprint density at radius 1 is 1.05 bits per heavy atom. The summed E-state index contributed by atoms with van der Waals surface area (Å²) in [6.07, 6.45) is 1.95. The van der Waals surface area contributed by atoms with Crippen LogP contribution in [0.25, 0.3) is 0 Å². The molecular formula is C14H17Cl2NO4S. The van der Waals surface area contributed by atoms with Crippen LogP contribution in [-0.4, -0.2) is 44.8 Å². The van der Waals surface area contributed by atoms with E-state index in [1.54, 1.807) is 0 Å². The summed E-state index contributed by atoms with van der Waals surface area (Å²) in [7, 11) is -3.58. The van der Waals surface area contributed by atoms with Crippen LogP contribution in [0.1, 0.15) is 19.3 Å². The minimum absolute atomic E-state index is 0.156. The molecule has 0 saturated carbocycles. The van der Waals surface area contributed by atoms with Crippen molar-refractivity contribution >= 4 is 33.2 Å². The largest absolute Gasteiger partial charge is 0.350 e. The van der Waals surface area contributed by atoms with E-state index in [9.17, 15) is 8.42 Å². The van der Waals surface area contributed by atoms with Crippen LogP contribution in [0.15, 0.2) is 23.1 Å². The third kappa shape index (κ3) is 3.13. The van der Waals surface area contributed by atoms with Gasteiger partial charge in [0, 0.05) is 25.9 Å². The Labute approximate surface area is 140 Å². The summed E-state index contributed by atoms with van der Waals surface area (Å²) in [6, 6.07) is 4.36. The van der Waals surface area contributed by atoms with Gasteiger partial charge in [-0.2, -0.15) is 4.31 Å². The number of halogens is 2. The average molecular weight is 366 g/mol. The minimum Gasteiger partial charge on any atom is -0.350 e. The molecule has 0 amide bonds. The molecule has 1 aromatic rings. The van der Waals surface area contributed by atoms with Gasteiger partial charge in [0.1, 0.15) is 0 Å². The van der Waals surface area contributed by atoms with Crippen LogP contribution in [0.5, 0.6) is 0 Å². The first-order valence-corrected chi connectivity index (χ1v) is 9.36. The van der Waals surface area contributed by atoms with Gasteiger partial charge in [-0.1, -0.05) is 23.2 Å².